The molecule has 31 heavy (non-hydrogen) atoms. The highest BCUT2D eigenvalue weighted by molar-refractivity contribution is 5.85. The number of imidazole rings is 1. The molecule has 0 radical (unpaired) electrons. The fourth-order valence-electron chi connectivity index (χ4n) is 4.95. The highest BCUT2D eigenvalue weighted by atomic mass is 16.4. The van der Waals surface area contributed by atoms with E-state index in [1.807, 2.05) is 18.2 Å². The van der Waals surface area contributed by atoms with Crippen molar-refractivity contribution in [2.45, 2.75) is 25.6 Å². The number of aliphatic hydroxyl groups excluding tert-OH is 1. The van der Waals surface area contributed by atoms with Crippen LogP contribution in [0.25, 0.3) is 21.9 Å². The third-order valence-electron chi connectivity index (χ3n) is 6.43. The van der Waals surface area contributed by atoms with Crippen LogP contribution in [0.1, 0.15) is 34.6 Å². The van der Waals surface area contributed by atoms with Gasteiger partial charge in [0.25, 0.3) is 0 Å². The fourth-order valence-corrected chi connectivity index (χ4v) is 4.95. The largest absolute Gasteiger partial charge is 0.462 e. The Morgan fingerprint density at radius 2 is 1.87 bits per heavy atom. The molecule has 1 atom stereocenters. The molecule has 0 amide bonds. The number of H-pyrrole nitrogens is 1. The van der Waals surface area contributed by atoms with Crippen LogP contribution in [0.5, 0.6) is 0 Å². The summed E-state index contributed by atoms with van der Waals surface area (Å²) in [7, 11) is 2.09. The summed E-state index contributed by atoms with van der Waals surface area (Å²) in [5.74, 6) is 2.47. The Balaban J connectivity index is 1.52. The van der Waals surface area contributed by atoms with Gasteiger partial charge < -0.3 is 19.1 Å². The summed E-state index contributed by atoms with van der Waals surface area (Å²) in [6.45, 7) is 1.47. The number of fused-ring (bicyclic) bond motifs is 4. The normalized spacial score (nSPS) is 16.9. The zero-order valence-corrected chi connectivity index (χ0v) is 17.4. The highest BCUT2D eigenvalue weighted by Gasteiger charge is 2.35. The van der Waals surface area contributed by atoms with Crippen LogP contribution < -0.4 is 0 Å². The summed E-state index contributed by atoms with van der Waals surface area (Å²) in [5.41, 5.74) is 5.88. The molecule has 2 N–H and O–H groups in total. The molecule has 0 unspecified atom stereocenters. The lowest BCUT2D eigenvalue weighted by Gasteiger charge is -2.34. The first kappa shape index (κ1) is 18.4. The molecule has 2 aromatic carbocycles. The number of hydrogen-bond donors (Lipinski definition) is 2. The van der Waals surface area contributed by atoms with Crippen LogP contribution in [0.3, 0.4) is 0 Å². The van der Waals surface area contributed by atoms with Crippen LogP contribution in [0.2, 0.25) is 0 Å². The lowest BCUT2D eigenvalue weighted by Crippen LogP contribution is -2.36. The topological polar surface area (TPSA) is 70.2 Å². The monoisotopic (exact) mass is 412 g/mol. The van der Waals surface area contributed by atoms with E-state index < -0.39 is 0 Å². The lowest BCUT2D eigenvalue weighted by molar-refractivity contribution is 0.172. The van der Waals surface area contributed by atoms with Gasteiger partial charge in [0.15, 0.2) is 0 Å². The number of hydrogen-bond acceptors (Lipinski definition) is 4. The summed E-state index contributed by atoms with van der Waals surface area (Å²) in [5, 5.41) is 10.7. The first-order chi connectivity index (χ1) is 15.2. The number of furan rings is 1. The molecule has 6 heteroatoms. The van der Waals surface area contributed by atoms with Gasteiger partial charge in [-0.05, 0) is 42.3 Å². The molecule has 5 aromatic rings. The second-order valence-electron chi connectivity index (χ2n) is 8.23. The number of para-hydroxylation sites is 3. The van der Waals surface area contributed by atoms with E-state index >= 15 is 0 Å². The van der Waals surface area contributed by atoms with Crippen LogP contribution in [0.15, 0.2) is 65.1 Å². The Bertz CT molecular complexity index is 1390. The summed E-state index contributed by atoms with van der Waals surface area (Å²) in [6, 6.07) is 20.6. The summed E-state index contributed by atoms with van der Waals surface area (Å²) in [6.07, 6.45) is 0.966. The van der Waals surface area contributed by atoms with Gasteiger partial charge in [0.05, 0.1) is 17.6 Å². The molecule has 1 aliphatic rings. The molecule has 0 saturated carbocycles. The predicted molar refractivity (Wildman–Crippen MR) is 120 cm³/mol. The number of nitrogens with zero attached hydrogens (tertiary/aromatic N) is 3. The number of aliphatic hydroxyl groups is 1. The third kappa shape index (κ3) is 2.91. The van der Waals surface area contributed by atoms with E-state index in [1.165, 1.54) is 22.2 Å². The fraction of sp³-hybridized carbons (Fsp3) is 0.240. The van der Waals surface area contributed by atoms with Crippen molar-refractivity contribution in [1.29, 1.82) is 0 Å². The SMILES string of the molecule is Cn1c([C@H]2c3[nH]c4ccccc4c3CCN2Cc2ccc(CO)o2)nc2ccccc21. The van der Waals surface area contributed by atoms with Crippen molar-refractivity contribution in [3.8, 4) is 0 Å². The van der Waals surface area contributed by atoms with Gasteiger partial charge in [-0.2, -0.15) is 0 Å². The third-order valence-corrected chi connectivity index (χ3v) is 6.43. The molecule has 0 fully saturated rings. The molecule has 6 rings (SSSR count). The van der Waals surface area contributed by atoms with Crippen molar-refractivity contribution in [3.63, 3.8) is 0 Å². The average molecular weight is 412 g/mol. The first-order valence-electron chi connectivity index (χ1n) is 10.7. The van der Waals surface area contributed by atoms with E-state index in [1.54, 1.807) is 0 Å². The van der Waals surface area contributed by atoms with Crippen molar-refractivity contribution in [2.75, 3.05) is 6.54 Å². The quantitative estimate of drug-likeness (QED) is 0.462. The molecule has 0 bridgehead atoms. The van der Waals surface area contributed by atoms with Gasteiger partial charge in [-0.1, -0.05) is 30.3 Å². The Morgan fingerprint density at radius 1 is 1.06 bits per heavy atom. The summed E-state index contributed by atoms with van der Waals surface area (Å²) >= 11 is 0. The standard InChI is InChI=1S/C25H24N4O2/c1-28-22-9-5-4-8-21(22)27-25(28)24-23-19(18-6-2-3-7-20(18)26-23)12-13-29(24)14-16-10-11-17(15-30)31-16/h2-11,24,26,30H,12-15H2,1H3/t24-/m1/s1. The Kier molecular flexibility index (Phi) is 4.23. The predicted octanol–water partition coefficient (Wildman–Crippen LogP) is 4.29. The van der Waals surface area contributed by atoms with Crippen molar-refractivity contribution < 1.29 is 9.52 Å². The molecule has 3 aromatic heterocycles. The van der Waals surface area contributed by atoms with E-state index in [0.717, 1.165) is 35.6 Å². The Morgan fingerprint density at radius 3 is 2.71 bits per heavy atom. The van der Waals surface area contributed by atoms with E-state index in [-0.39, 0.29) is 12.6 Å². The van der Waals surface area contributed by atoms with Crippen molar-refractivity contribution in [3.05, 3.63) is 89.3 Å². The van der Waals surface area contributed by atoms with E-state index in [9.17, 15) is 5.11 Å². The van der Waals surface area contributed by atoms with Crippen LogP contribution >= 0.6 is 0 Å². The van der Waals surface area contributed by atoms with Gasteiger partial charge >= 0.3 is 0 Å². The van der Waals surface area contributed by atoms with Crippen LogP contribution in [-0.4, -0.2) is 31.1 Å². The molecule has 0 saturated heterocycles. The van der Waals surface area contributed by atoms with Crippen LogP contribution in [0.4, 0.5) is 0 Å². The minimum atomic E-state index is -0.0830. The molecular formula is C25H24N4O2. The van der Waals surface area contributed by atoms with Gasteiger partial charge in [-0.25, -0.2) is 4.98 Å². The minimum absolute atomic E-state index is 0.0174. The molecule has 0 aliphatic carbocycles. The number of aryl methyl sites for hydroxylation is 1. The van der Waals surface area contributed by atoms with Crippen molar-refractivity contribution in [2.24, 2.45) is 7.05 Å². The van der Waals surface area contributed by atoms with Gasteiger partial charge in [0.2, 0.25) is 0 Å². The molecule has 4 heterocycles. The molecule has 156 valence electrons. The number of rotatable bonds is 4. The second-order valence-corrected chi connectivity index (χ2v) is 8.23. The number of benzene rings is 2. The average Bonchev–Trinajstić information content (AvgIpc) is 3.49. The van der Waals surface area contributed by atoms with Crippen LogP contribution in [-0.2, 0) is 26.6 Å². The van der Waals surface area contributed by atoms with Gasteiger partial charge in [0, 0.05) is 30.2 Å². The van der Waals surface area contributed by atoms with Crippen molar-refractivity contribution >= 4 is 21.9 Å². The van der Waals surface area contributed by atoms with Crippen LogP contribution in [0, 0.1) is 0 Å². The molecule has 0 spiro atoms. The number of aromatic nitrogens is 3. The van der Waals surface area contributed by atoms with Crippen molar-refractivity contribution in [1.82, 2.24) is 19.4 Å². The maximum Gasteiger partial charge on any atom is 0.133 e. The summed E-state index contributed by atoms with van der Waals surface area (Å²) < 4.78 is 8.03. The zero-order chi connectivity index (χ0) is 20.9. The number of aromatic amines is 1. The minimum Gasteiger partial charge on any atom is -0.462 e. The van der Waals surface area contributed by atoms with Gasteiger partial charge in [-0.3, -0.25) is 4.90 Å². The van der Waals surface area contributed by atoms with E-state index in [2.05, 4.69) is 64.0 Å². The van der Waals surface area contributed by atoms with E-state index in [0.29, 0.717) is 12.3 Å². The lowest BCUT2D eigenvalue weighted by atomic mass is 9.96. The van der Waals surface area contributed by atoms with E-state index in [4.69, 9.17) is 9.40 Å². The van der Waals surface area contributed by atoms with Gasteiger partial charge in [0.1, 0.15) is 30.0 Å². The zero-order valence-electron chi connectivity index (χ0n) is 17.4. The van der Waals surface area contributed by atoms with Gasteiger partial charge in [-0.15, -0.1) is 0 Å². The molecule has 6 nitrogen and oxygen atoms in total. The molecule has 1 aliphatic heterocycles. The first-order valence-corrected chi connectivity index (χ1v) is 10.7. The molecular weight excluding hydrogens is 388 g/mol. The Hall–Kier alpha value is -3.35. The highest BCUT2D eigenvalue weighted by Crippen LogP contribution is 2.39. The Labute approximate surface area is 179 Å². The maximum absolute atomic E-state index is 9.39. The maximum atomic E-state index is 9.39. The summed E-state index contributed by atoms with van der Waals surface area (Å²) in [4.78, 5) is 11.2. The number of nitrogens with one attached hydrogen (secondary N) is 1. The smallest absolute Gasteiger partial charge is 0.133 e. The second kappa shape index (κ2) is 7.11.